The molecule has 0 aliphatic carbocycles. The molecule has 0 amide bonds. The van der Waals surface area contributed by atoms with Crippen molar-refractivity contribution in [1.29, 1.82) is 0 Å². The van der Waals surface area contributed by atoms with Crippen LogP contribution < -0.4 is 4.72 Å². The van der Waals surface area contributed by atoms with Crippen LogP contribution in [0.2, 0.25) is 0 Å². The van der Waals surface area contributed by atoms with Crippen molar-refractivity contribution in [2.75, 3.05) is 19.6 Å². The minimum atomic E-state index is -3.47. The second-order valence-corrected chi connectivity index (χ2v) is 9.52. The first kappa shape index (κ1) is 18.9. The minimum absolute atomic E-state index is 0.0968. The van der Waals surface area contributed by atoms with Gasteiger partial charge in [-0.1, -0.05) is 41.5 Å². The van der Waals surface area contributed by atoms with Crippen molar-refractivity contribution in [3.05, 3.63) is 0 Å². The van der Waals surface area contributed by atoms with Gasteiger partial charge in [0.2, 0.25) is 0 Å². The summed E-state index contributed by atoms with van der Waals surface area (Å²) in [7, 11) is -3.47. The van der Waals surface area contributed by atoms with Gasteiger partial charge in [-0.2, -0.15) is 12.7 Å². The van der Waals surface area contributed by atoms with Gasteiger partial charge in [0, 0.05) is 25.0 Å². The lowest BCUT2D eigenvalue weighted by Gasteiger charge is -2.36. The van der Waals surface area contributed by atoms with Gasteiger partial charge in [0.1, 0.15) is 0 Å². The fourth-order valence-electron chi connectivity index (χ4n) is 3.18. The molecule has 0 aromatic carbocycles. The van der Waals surface area contributed by atoms with Crippen LogP contribution in [0, 0.1) is 23.2 Å². The monoisotopic (exact) mass is 320 g/mol. The average Bonchev–Trinajstić information content (AvgIpc) is 2.34. The number of aliphatic hydroxyl groups is 1. The van der Waals surface area contributed by atoms with Crippen molar-refractivity contribution in [3.63, 3.8) is 0 Å². The van der Waals surface area contributed by atoms with Crippen LogP contribution in [0.15, 0.2) is 0 Å². The predicted molar refractivity (Wildman–Crippen MR) is 86.1 cm³/mol. The molecule has 1 heterocycles. The number of nitrogens with zero attached hydrogens (tertiary/aromatic N) is 1. The van der Waals surface area contributed by atoms with E-state index < -0.39 is 21.7 Å². The zero-order valence-electron chi connectivity index (χ0n) is 14.3. The molecular formula is C15H32N2O3S. The van der Waals surface area contributed by atoms with Crippen molar-refractivity contribution >= 4 is 10.2 Å². The molecule has 1 aliphatic rings. The van der Waals surface area contributed by atoms with Gasteiger partial charge in [-0.3, -0.25) is 0 Å². The highest BCUT2D eigenvalue weighted by Crippen LogP contribution is 2.26. The van der Waals surface area contributed by atoms with Gasteiger partial charge in [0.25, 0.3) is 10.2 Å². The molecule has 0 radical (unpaired) electrons. The Balaban J connectivity index is 2.68. The van der Waals surface area contributed by atoms with E-state index in [1.54, 1.807) is 4.31 Å². The smallest absolute Gasteiger partial charge is 0.279 e. The lowest BCUT2D eigenvalue weighted by molar-refractivity contribution is 0.0163. The van der Waals surface area contributed by atoms with Crippen molar-refractivity contribution in [1.82, 2.24) is 9.03 Å². The van der Waals surface area contributed by atoms with Crippen LogP contribution in [-0.2, 0) is 10.2 Å². The van der Waals surface area contributed by atoms with E-state index in [1.807, 2.05) is 27.7 Å². The first-order valence-corrected chi connectivity index (χ1v) is 9.32. The highest BCUT2D eigenvalue weighted by atomic mass is 32.2. The van der Waals surface area contributed by atoms with Gasteiger partial charge in [-0.05, 0) is 24.2 Å². The molecule has 126 valence electrons. The zero-order valence-corrected chi connectivity index (χ0v) is 15.1. The van der Waals surface area contributed by atoms with E-state index in [9.17, 15) is 13.5 Å². The second kappa shape index (κ2) is 6.94. The van der Waals surface area contributed by atoms with Crippen LogP contribution in [0.5, 0.6) is 0 Å². The summed E-state index contributed by atoms with van der Waals surface area (Å²) in [6.45, 7) is 13.2. The van der Waals surface area contributed by atoms with E-state index in [4.69, 9.17) is 0 Å². The van der Waals surface area contributed by atoms with Gasteiger partial charge >= 0.3 is 0 Å². The fraction of sp³-hybridized carbons (Fsp3) is 1.00. The van der Waals surface area contributed by atoms with Crippen LogP contribution >= 0.6 is 0 Å². The number of rotatable bonds is 6. The SMILES string of the molecule is CC1CC(C)CN(S(=O)(=O)NCC(C)(C)C(O)C(C)C)C1. The molecule has 3 unspecified atom stereocenters. The lowest BCUT2D eigenvalue weighted by atomic mass is 9.81. The van der Waals surface area contributed by atoms with Gasteiger partial charge in [0.15, 0.2) is 0 Å². The van der Waals surface area contributed by atoms with E-state index in [1.165, 1.54) is 0 Å². The first-order valence-electron chi connectivity index (χ1n) is 7.88. The number of aliphatic hydroxyl groups excluding tert-OH is 1. The largest absolute Gasteiger partial charge is 0.392 e. The number of hydrogen-bond donors (Lipinski definition) is 2. The van der Waals surface area contributed by atoms with E-state index in [0.29, 0.717) is 24.9 Å². The Hall–Kier alpha value is -0.170. The van der Waals surface area contributed by atoms with E-state index in [2.05, 4.69) is 18.6 Å². The molecule has 0 saturated carbocycles. The molecule has 3 atom stereocenters. The third kappa shape index (κ3) is 5.20. The molecule has 0 aromatic heterocycles. The van der Waals surface area contributed by atoms with E-state index in [-0.39, 0.29) is 12.5 Å². The predicted octanol–water partition coefficient (Wildman–Crippen LogP) is 1.84. The van der Waals surface area contributed by atoms with E-state index in [0.717, 1.165) is 6.42 Å². The number of piperidine rings is 1. The van der Waals surface area contributed by atoms with Gasteiger partial charge in [-0.25, -0.2) is 4.72 Å². The Kier molecular flexibility index (Phi) is 6.24. The van der Waals surface area contributed by atoms with Gasteiger partial charge in [-0.15, -0.1) is 0 Å². The summed E-state index contributed by atoms with van der Waals surface area (Å²) in [5.41, 5.74) is -0.492. The third-order valence-electron chi connectivity index (χ3n) is 4.32. The van der Waals surface area contributed by atoms with E-state index >= 15 is 0 Å². The minimum Gasteiger partial charge on any atom is -0.392 e. The Morgan fingerprint density at radius 2 is 1.71 bits per heavy atom. The highest BCUT2D eigenvalue weighted by molar-refractivity contribution is 7.87. The van der Waals surface area contributed by atoms with Crippen LogP contribution in [0.1, 0.15) is 48.0 Å². The molecule has 2 N–H and O–H groups in total. The normalized spacial score (nSPS) is 27.0. The molecular weight excluding hydrogens is 288 g/mol. The van der Waals surface area contributed by atoms with Crippen molar-refractivity contribution in [2.24, 2.45) is 23.2 Å². The molecule has 1 rings (SSSR count). The first-order chi connectivity index (χ1) is 9.45. The summed E-state index contributed by atoms with van der Waals surface area (Å²) in [4.78, 5) is 0. The molecule has 1 saturated heterocycles. The van der Waals surface area contributed by atoms with Crippen molar-refractivity contribution in [2.45, 2.75) is 54.1 Å². The third-order valence-corrected chi connectivity index (χ3v) is 5.80. The summed E-state index contributed by atoms with van der Waals surface area (Å²) < 4.78 is 29.1. The van der Waals surface area contributed by atoms with Gasteiger partial charge < -0.3 is 5.11 Å². The van der Waals surface area contributed by atoms with Crippen molar-refractivity contribution in [3.8, 4) is 0 Å². The lowest BCUT2D eigenvalue weighted by Crippen LogP contribution is -2.51. The van der Waals surface area contributed by atoms with Crippen LogP contribution in [0.4, 0.5) is 0 Å². The quantitative estimate of drug-likeness (QED) is 0.784. The number of nitrogens with one attached hydrogen (secondary N) is 1. The average molecular weight is 320 g/mol. The maximum absolute atomic E-state index is 12.4. The maximum Gasteiger partial charge on any atom is 0.279 e. The summed E-state index contributed by atoms with van der Waals surface area (Å²) in [6, 6.07) is 0. The molecule has 1 fully saturated rings. The zero-order chi connectivity index (χ0) is 16.4. The van der Waals surface area contributed by atoms with Crippen molar-refractivity contribution < 1.29 is 13.5 Å². The standard InChI is InChI=1S/C15H32N2O3S/c1-11(2)14(18)15(5,6)10-16-21(19,20)17-8-12(3)7-13(4)9-17/h11-14,16,18H,7-10H2,1-6H3. The van der Waals surface area contributed by atoms with Crippen LogP contribution in [0.3, 0.4) is 0 Å². The molecule has 1 aliphatic heterocycles. The molecule has 5 nitrogen and oxygen atoms in total. The fourth-order valence-corrected chi connectivity index (χ4v) is 4.82. The Morgan fingerprint density at radius 1 is 1.24 bits per heavy atom. The van der Waals surface area contributed by atoms with Crippen LogP contribution in [0.25, 0.3) is 0 Å². The Morgan fingerprint density at radius 3 is 2.14 bits per heavy atom. The highest BCUT2D eigenvalue weighted by Gasteiger charge is 2.34. The molecule has 0 spiro atoms. The Labute approximate surface area is 130 Å². The second-order valence-electron chi connectivity index (χ2n) is 7.77. The summed E-state index contributed by atoms with van der Waals surface area (Å²) in [6.07, 6.45) is 0.531. The number of hydrogen-bond acceptors (Lipinski definition) is 3. The Bertz CT molecular complexity index is 424. The summed E-state index contributed by atoms with van der Waals surface area (Å²) in [5.74, 6) is 0.874. The molecule has 6 heteroatoms. The topological polar surface area (TPSA) is 69.6 Å². The van der Waals surface area contributed by atoms with Crippen LogP contribution in [-0.4, -0.2) is 43.6 Å². The molecule has 0 aromatic rings. The molecule has 21 heavy (non-hydrogen) atoms. The maximum atomic E-state index is 12.4. The summed E-state index contributed by atoms with van der Waals surface area (Å²) >= 11 is 0. The summed E-state index contributed by atoms with van der Waals surface area (Å²) in [5, 5.41) is 10.2. The van der Waals surface area contributed by atoms with Gasteiger partial charge in [0.05, 0.1) is 6.10 Å². The molecule has 0 bridgehead atoms.